The van der Waals surface area contributed by atoms with Crippen LogP contribution in [0.25, 0.3) is 11.2 Å². The molecule has 0 radical (unpaired) electrons. The molecule has 2 heterocycles. The predicted octanol–water partition coefficient (Wildman–Crippen LogP) is 2.80. The molecular weight excluding hydrogens is 542 g/mol. The van der Waals surface area contributed by atoms with E-state index in [4.69, 9.17) is 25.9 Å². The first-order valence-electron chi connectivity index (χ1n) is 12.7. The van der Waals surface area contributed by atoms with Crippen molar-refractivity contribution in [3.63, 3.8) is 0 Å². The number of aromatic nitrogens is 4. The van der Waals surface area contributed by atoms with Crippen LogP contribution in [0.1, 0.15) is 33.7 Å². The first kappa shape index (κ1) is 28.0. The van der Waals surface area contributed by atoms with Gasteiger partial charge in [-0.3, -0.25) is 9.32 Å². The Kier molecular flexibility index (Phi) is 6.87. The molecule has 0 bridgehead atoms. The second-order valence-corrected chi connectivity index (χ2v) is 12.0. The first-order chi connectivity index (χ1) is 18.9. The Morgan fingerprint density at radius 2 is 1.98 bits per heavy atom. The minimum Gasteiger partial charge on any atom is -0.462 e. The molecule has 5 rings (SSSR count). The molecule has 2 aliphatic rings. The minimum absolute atomic E-state index is 0.111. The molecule has 4 N–H and O–H groups in total. The lowest BCUT2D eigenvalue weighted by Crippen LogP contribution is -2.47. The lowest BCUT2D eigenvalue weighted by Gasteiger charge is -2.34. The molecule has 2 fully saturated rings. The van der Waals surface area contributed by atoms with Crippen molar-refractivity contribution in [2.75, 3.05) is 5.73 Å². The maximum atomic E-state index is 16.8. The third-order valence-corrected chi connectivity index (χ3v) is 9.05. The second-order valence-electron chi connectivity index (χ2n) is 10.4. The summed E-state index contributed by atoms with van der Waals surface area (Å²) < 4.78 is 49.0. The number of fused-ring (bicyclic) bond motifs is 2. The number of alkyl halides is 1. The number of nitrogens with zero attached hydrogens (tertiary/aromatic N) is 4. The smallest absolute Gasteiger partial charge is 0.459 e. The van der Waals surface area contributed by atoms with E-state index in [2.05, 4.69) is 26.0 Å². The largest absolute Gasteiger partial charge is 0.462 e. The molecule has 0 amide bonds. The maximum absolute atomic E-state index is 16.8. The summed E-state index contributed by atoms with van der Waals surface area (Å²) in [5, 5.41) is 14.2. The van der Waals surface area contributed by atoms with E-state index in [0.29, 0.717) is 0 Å². The molecule has 0 saturated heterocycles. The van der Waals surface area contributed by atoms with Crippen molar-refractivity contribution in [2.45, 2.75) is 63.3 Å². The number of imidazole rings is 1. The summed E-state index contributed by atoms with van der Waals surface area (Å²) >= 11 is 0. The number of ether oxygens (including phenoxy) is 1. The number of rotatable bonds is 9. The minimum atomic E-state index is -4.41. The number of benzene rings is 1. The van der Waals surface area contributed by atoms with Crippen LogP contribution >= 0.6 is 7.75 Å². The number of para-hydroxylation sites is 1. The van der Waals surface area contributed by atoms with Gasteiger partial charge in [-0.15, -0.1) is 6.42 Å². The monoisotopic (exact) mass is 572 g/mol. The number of carbonyl (C=O) groups excluding carboxylic acids is 1. The highest BCUT2D eigenvalue weighted by Gasteiger charge is 2.87. The maximum Gasteiger partial charge on any atom is 0.459 e. The summed E-state index contributed by atoms with van der Waals surface area (Å²) in [6.07, 6.45) is 6.53. The molecule has 3 aromatic rings. The Balaban J connectivity index is 1.46. The topological polar surface area (TPSA) is 164 Å². The molecule has 0 spiro atoms. The van der Waals surface area contributed by atoms with Crippen molar-refractivity contribution < 1.29 is 32.6 Å². The highest BCUT2D eigenvalue weighted by atomic mass is 31.2. The molecule has 1 unspecified atom stereocenters. The molecule has 212 valence electrons. The summed E-state index contributed by atoms with van der Waals surface area (Å²) in [6.45, 7) is 6.46. The fourth-order valence-electron chi connectivity index (χ4n) is 5.63. The van der Waals surface area contributed by atoms with Crippen molar-refractivity contribution in [1.29, 1.82) is 0 Å². The highest BCUT2D eigenvalue weighted by molar-refractivity contribution is 7.52. The molecule has 40 heavy (non-hydrogen) atoms. The fraction of sp³-hybridized carbons (Fsp3) is 0.462. The van der Waals surface area contributed by atoms with Gasteiger partial charge in [-0.05, 0) is 38.8 Å². The zero-order valence-corrected chi connectivity index (χ0v) is 23.2. The van der Waals surface area contributed by atoms with E-state index in [1.165, 1.54) is 36.3 Å². The van der Waals surface area contributed by atoms with Crippen LogP contribution in [0.4, 0.5) is 10.2 Å². The van der Waals surface area contributed by atoms with E-state index < -0.39 is 61.1 Å². The van der Waals surface area contributed by atoms with E-state index in [1.807, 2.05) is 0 Å². The van der Waals surface area contributed by atoms with Gasteiger partial charge in [0.2, 0.25) is 5.67 Å². The summed E-state index contributed by atoms with van der Waals surface area (Å²) in [4.78, 5) is 24.8. The van der Waals surface area contributed by atoms with Crippen molar-refractivity contribution in [3.8, 4) is 18.1 Å². The SMILES string of the molecule is C#C[C@]1(F)[C@H](n2cnc3c(N)ncnc32)[C@@H](C)[C@@H]2C(O[P@@](=O)(N[C@@H](C)C(=O)OC(C)C)Oc3ccccc3)[C@@]21O. The van der Waals surface area contributed by atoms with Gasteiger partial charge in [0.25, 0.3) is 0 Å². The third-order valence-electron chi connectivity index (χ3n) is 7.39. The van der Waals surface area contributed by atoms with Crippen molar-refractivity contribution in [1.82, 2.24) is 24.6 Å². The van der Waals surface area contributed by atoms with Crippen LogP contribution in [-0.4, -0.2) is 60.1 Å². The normalized spacial score (nSPS) is 31.2. The Morgan fingerprint density at radius 1 is 1.27 bits per heavy atom. The van der Waals surface area contributed by atoms with Gasteiger partial charge in [-0.1, -0.05) is 31.0 Å². The molecule has 14 heteroatoms. The predicted molar refractivity (Wildman–Crippen MR) is 142 cm³/mol. The van der Waals surface area contributed by atoms with Crippen LogP contribution in [0, 0.1) is 24.2 Å². The highest BCUT2D eigenvalue weighted by Crippen LogP contribution is 2.72. The van der Waals surface area contributed by atoms with Gasteiger partial charge in [0.15, 0.2) is 11.5 Å². The Bertz CT molecular complexity index is 1530. The van der Waals surface area contributed by atoms with Crippen LogP contribution in [0.5, 0.6) is 5.75 Å². The van der Waals surface area contributed by atoms with Crippen LogP contribution in [0.2, 0.25) is 0 Å². The average Bonchev–Trinajstić information content (AvgIpc) is 3.18. The number of nitrogens with two attached hydrogens (primary N) is 1. The number of halogens is 1. The fourth-order valence-corrected chi connectivity index (χ4v) is 7.35. The van der Waals surface area contributed by atoms with E-state index in [9.17, 15) is 14.5 Å². The number of aliphatic hydroxyl groups is 1. The molecule has 12 nitrogen and oxygen atoms in total. The standard InChI is InChI=1S/C26H30FN6O6P/c1-6-25(27)20(33-13-31-19-22(28)29-12-30-23(19)33)15(4)18-21(26(18,25)35)39-40(36,38-17-10-8-7-9-11-17)32-16(5)24(34)37-14(2)3/h1,7-16,18,20-21,35H,2-5H3,(H,32,36)(H2,28,29,30)/t15-,16-,18+,20+,21?,25-,26-,40+/m0/s1. The summed E-state index contributed by atoms with van der Waals surface area (Å²) in [5.74, 6) is 0.171. The number of hydrogen-bond acceptors (Lipinski definition) is 10. The Hall–Kier alpha value is -3.56. The van der Waals surface area contributed by atoms with Gasteiger partial charge in [-0.25, -0.2) is 23.9 Å². The Labute approximate surface area is 230 Å². The van der Waals surface area contributed by atoms with Gasteiger partial charge in [0.1, 0.15) is 35.3 Å². The molecule has 2 saturated carbocycles. The molecule has 8 atom stereocenters. The lowest BCUT2D eigenvalue weighted by atomic mass is 9.88. The van der Waals surface area contributed by atoms with Gasteiger partial charge >= 0.3 is 13.7 Å². The van der Waals surface area contributed by atoms with Crippen LogP contribution in [0.15, 0.2) is 43.0 Å². The summed E-state index contributed by atoms with van der Waals surface area (Å²) in [6, 6.07) is 5.88. The van der Waals surface area contributed by atoms with Crippen molar-refractivity contribution >= 4 is 30.7 Å². The van der Waals surface area contributed by atoms with Crippen LogP contribution in [0.3, 0.4) is 0 Å². The number of nitrogen functional groups attached to an aromatic ring is 1. The number of terminal acetylenes is 1. The van der Waals surface area contributed by atoms with Crippen LogP contribution < -0.4 is 15.3 Å². The number of hydrogen-bond donors (Lipinski definition) is 3. The number of nitrogens with one attached hydrogen (secondary N) is 1. The van der Waals surface area contributed by atoms with Crippen molar-refractivity contribution in [2.24, 2.45) is 11.8 Å². The van der Waals surface area contributed by atoms with E-state index >= 15 is 4.39 Å². The number of carbonyl (C=O) groups is 1. The number of esters is 1. The molecule has 0 aliphatic heterocycles. The van der Waals surface area contributed by atoms with Gasteiger partial charge in [0.05, 0.1) is 18.5 Å². The van der Waals surface area contributed by atoms with E-state index in [-0.39, 0.29) is 22.7 Å². The van der Waals surface area contributed by atoms with Gasteiger partial charge in [-0.2, -0.15) is 5.09 Å². The van der Waals surface area contributed by atoms with Gasteiger partial charge in [0, 0.05) is 5.92 Å². The van der Waals surface area contributed by atoms with Crippen LogP contribution in [-0.2, 0) is 18.6 Å². The molecule has 2 aliphatic carbocycles. The molecular formula is C26H30FN6O6P. The zero-order chi connectivity index (χ0) is 29.0. The van der Waals surface area contributed by atoms with E-state index in [0.717, 1.165) is 0 Å². The summed E-state index contributed by atoms with van der Waals surface area (Å²) in [5.41, 5.74) is 1.49. The summed E-state index contributed by atoms with van der Waals surface area (Å²) in [7, 11) is -4.41. The third kappa shape index (κ3) is 4.32. The van der Waals surface area contributed by atoms with E-state index in [1.54, 1.807) is 39.0 Å². The van der Waals surface area contributed by atoms with Gasteiger partial charge < -0.3 is 24.7 Å². The molecule has 1 aromatic carbocycles. The lowest BCUT2D eigenvalue weighted by molar-refractivity contribution is -0.149. The number of anilines is 1. The zero-order valence-electron chi connectivity index (χ0n) is 22.3. The second kappa shape index (κ2) is 9.82. The quantitative estimate of drug-likeness (QED) is 0.196. The Morgan fingerprint density at radius 3 is 2.62 bits per heavy atom. The first-order valence-corrected chi connectivity index (χ1v) is 14.2. The average molecular weight is 573 g/mol. The molecule has 2 aromatic heterocycles. The van der Waals surface area contributed by atoms with Crippen molar-refractivity contribution in [3.05, 3.63) is 43.0 Å².